The van der Waals surface area contributed by atoms with E-state index in [1.54, 1.807) is 7.11 Å². The average molecular weight is 383 g/mol. The van der Waals surface area contributed by atoms with Gasteiger partial charge in [0.2, 0.25) is 0 Å². The summed E-state index contributed by atoms with van der Waals surface area (Å²) in [7, 11) is 1.68. The second-order valence-corrected chi connectivity index (χ2v) is 7.54. The molecule has 0 fully saturated rings. The van der Waals surface area contributed by atoms with Gasteiger partial charge >= 0.3 is 0 Å². The molecule has 5 heteroatoms. The lowest BCUT2D eigenvalue weighted by molar-refractivity contribution is 0.0660. The number of methoxy groups -OCH3 is 1. The molecule has 0 saturated carbocycles. The van der Waals surface area contributed by atoms with Gasteiger partial charge in [-0.3, -0.25) is 4.79 Å². The van der Waals surface area contributed by atoms with Gasteiger partial charge in [0.15, 0.2) is 0 Å². The molecule has 150 valence electrons. The molecule has 1 amide bonds. The third-order valence-electron chi connectivity index (χ3n) is 4.93. The smallest absolute Gasteiger partial charge is 0.257 e. The number of ether oxygens (including phenoxy) is 2. The molecule has 1 heterocycles. The number of benzene rings is 2. The van der Waals surface area contributed by atoms with Crippen LogP contribution in [-0.2, 0) is 4.74 Å². The average Bonchev–Trinajstić information content (AvgIpc) is 2.70. The summed E-state index contributed by atoms with van der Waals surface area (Å²) >= 11 is 0. The topological polar surface area (TPSA) is 50.8 Å². The highest BCUT2D eigenvalue weighted by atomic mass is 16.5. The Morgan fingerprint density at radius 1 is 1.07 bits per heavy atom. The fourth-order valence-corrected chi connectivity index (χ4v) is 3.32. The molecule has 0 bridgehead atoms. The van der Waals surface area contributed by atoms with E-state index in [4.69, 9.17) is 9.47 Å². The van der Waals surface area contributed by atoms with Crippen molar-refractivity contribution >= 4 is 11.6 Å². The van der Waals surface area contributed by atoms with Crippen LogP contribution < -0.4 is 10.1 Å². The summed E-state index contributed by atoms with van der Waals surface area (Å²) in [4.78, 5) is 15.0. The first-order chi connectivity index (χ1) is 13.6. The van der Waals surface area contributed by atoms with Crippen LogP contribution in [0.25, 0.3) is 0 Å². The van der Waals surface area contributed by atoms with Gasteiger partial charge in [-0.1, -0.05) is 38.1 Å². The highest BCUT2D eigenvalue weighted by Crippen LogP contribution is 2.33. The molecular formula is C23H30N2O3. The Hall–Kier alpha value is -2.53. The molecule has 0 aliphatic carbocycles. The monoisotopic (exact) mass is 382 g/mol. The maximum absolute atomic E-state index is 13.1. The van der Waals surface area contributed by atoms with Crippen molar-refractivity contribution in [3.63, 3.8) is 0 Å². The van der Waals surface area contributed by atoms with E-state index < -0.39 is 0 Å². The quantitative estimate of drug-likeness (QED) is 0.638. The van der Waals surface area contributed by atoms with Gasteiger partial charge in [0.1, 0.15) is 11.9 Å². The van der Waals surface area contributed by atoms with Crippen molar-refractivity contribution in [2.75, 3.05) is 32.2 Å². The van der Waals surface area contributed by atoms with Crippen LogP contribution in [-0.4, -0.2) is 37.7 Å². The van der Waals surface area contributed by atoms with E-state index in [1.165, 1.54) is 0 Å². The van der Waals surface area contributed by atoms with E-state index >= 15 is 0 Å². The molecule has 1 aliphatic heterocycles. The summed E-state index contributed by atoms with van der Waals surface area (Å²) in [6.45, 7) is 6.35. The number of amides is 1. The molecule has 1 atom stereocenters. The van der Waals surface area contributed by atoms with Crippen LogP contribution >= 0.6 is 0 Å². The Bertz CT molecular complexity index is 774. The van der Waals surface area contributed by atoms with Crippen molar-refractivity contribution in [3.8, 4) is 5.75 Å². The normalized spacial score (nSPS) is 16.1. The highest BCUT2D eigenvalue weighted by molar-refractivity contribution is 6.01. The third kappa shape index (κ3) is 4.84. The molecule has 0 radical (unpaired) electrons. The van der Waals surface area contributed by atoms with E-state index in [2.05, 4.69) is 19.2 Å². The maximum atomic E-state index is 13.1. The molecule has 0 spiro atoms. The second-order valence-electron chi connectivity index (χ2n) is 7.54. The van der Waals surface area contributed by atoms with Gasteiger partial charge in [-0.2, -0.15) is 0 Å². The number of rotatable bonds is 9. The largest absolute Gasteiger partial charge is 0.494 e. The van der Waals surface area contributed by atoms with E-state index in [1.807, 2.05) is 53.4 Å². The minimum absolute atomic E-state index is 0.0488. The van der Waals surface area contributed by atoms with Crippen LogP contribution in [0.2, 0.25) is 0 Å². The number of fused-ring (bicyclic) bond motifs is 1. The molecule has 5 nitrogen and oxygen atoms in total. The van der Waals surface area contributed by atoms with Crippen molar-refractivity contribution in [1.82, 2.24) is 4.90 Å². The number of anilines is 1. The Morgan fingerprint density at radius 3 is 2.54 bits per heavy atom. The van der Waals surface area contributed by atoms with E-state index in [0.29, 0.717) is 31.2 Å². The zero-order valence-electron chi connectivity index (χ0n) is 17.0. The molecule has 2 aromatic rings. The molecule has 1 aliphatic rings. The number of hydrogen-bond acceptors (Lipinski definition) is 4. The van der Waals surface area contributed by atoms with E-state index in [9.17, 15) is 4.79 Å². The van der Waals surface area contributed by atoms with Gasteiger partial charge in [0, 0.05) is 25.9 Å². The van der Waals surface area contributed by atoms with Crippen LogP contribution in [0.5, 0.6) is 5.75 Å². The number of para-hydroxylation sites is 1. The zero-order chi connectivity index (χ0) is 19.9. The van der Waals surface area contributed by atoms with Crippen LogP contribution in [0.1, 0.15) is 48.8 Å². The Labute approximate surface area is 167 Å². The number of nitrogens with zero attached hydrogens (tertiary/aromatic N) is 1. The summed E-state index contributed by atoms with van der Waals surface area (Å²) in [6.07, 6.45) is 1.62. The van der Waals surface area contributed by atoms with Crippen molar-refractivity contribution in [1.29, 1.82) is 0 Å². The van der Waals surface area contributed by atoms with E-state index in [-0.39, 0.29) is 12.1 Å². The second kappa shape index (κ2) is 9.60. The molecule has 2 aromatic carbocycles. The summed E-state index contributed by atoms with van der Waals surface area (Å²) in [6, 6.07) is 15.7. The Kier molecular flexibility index (Phi) is 6.93. The lowest BCUT2D eigenvalue weighted by Gasteiger charge is -2.38. The zero-order valence-corrected chi connectivity index (χ0v) is 17.0. The summed E-state index contributed by atoms with van der Waals surface area (Å²) in [5.41, 5.74) is 2.62. The molecule has 0 aromatic heterocycles. The Morgan fingerprint density at radius 2 is 1.82 bits per heavy atom. The van der Waals surface area contributed by atoms with Gasteiger partial charge in [0.25, 0.3) is 5.91 Å². The lowest BCUT2D eigenvalue weighted by Crippen LogP contribution is -2.43. The molecule has 3 rings (SSSR count). The first-order valence-electron chi connectivity index (χ1n) is 9.98. The molecule has 0 saturated heterocycles. The number of hydrogen-bond donors (Lipinski definition) is 1. The first-order valence-corrected chi connectivity index (χ1v) is 9.98. The predicted octanol–water partition coefficient (Wildman–Crippen LogP) is 4.71. The summed E-state index contributed by atoms with van der Waals surface area (Å²) < 4.78 is 11.0. The number of carbonyl (C=O) groups is 1. The van der Waals surface area contributed by atoms with Crippen LogP contribution in [0, 0.1) is 5.92 Å². The fourth-order valence-electron chi connectivity index (χ4n) is 3.32. The molecular weight excluding hydrogens is 352 g/mol. The minimum Gasteiger partial charge on any atom is -0.494 e. The number of nitrogens with one attached hydrogen (secondary N) is 1. The van der Waals surface area contributed by atoms with Gasteiger partial charge in [0.05, 0.1) is 12.2 Å². The van der Waals surface area contributed by atoms with Gasteiger partial charge < -0.3 is 19.7 Å². The summed E-state index contributed by atoms with van der Waals surface area (Å²) in [5.74, 6) is 1.53. The van der Waals surface area contributed by atoms with Gasteiger partial charge in [-0.25, -0.2) is 0 Å². The highest BCUT2D eigenvalue weighted by Gasteiger charge is 2.32. The van der Waals surface area contributed by atoms with Crippen molar-refractivity contribution < 1.29 is 14.3 Å². The predicted molar refractivity (Wildman–Crippen MR) is 112 cm³/mol. The molecule has 1 N–H and O–H groups in total. The van der Waals surface area contributed by atoms with E-state index in [0.717, 1.165) is 29.8 Å². The molecule has 1 unspecified atom stereocenters. The Balaban J connectivity index is 1.78. The van der Waals surface area contributed by atoms with Gasteiger partial charge in [-0.15, -0.1) is 0 Å². The minimum atomic E-state index is -0.205. The maximum Gasteiger partial charge on any atom is 0.257 e. The van der Waals surface area contributed by atoms with Crippen molar-refractivity contribution in [2.45, 2.75) is 32.9 Å². The van der Waals surface area contributed by atoms with Crippen LogP contribution in [0.4, 0.5) is 5.69 Å². The van der Waals surface area contributed by atoms with Crippen molar-refractivity contribution in [3.05, 3.63) is 59.7 Å². The van der Waals surface area contributed by atoms with Crippen LogP contribution in [0.15, 0.2) is 48.5 Å². The lowest BCUT2D eigenvalue weighted by atomic mass is 10.0. The fraction of sp³-hybridized carbons (Fsp3) is 0.435. The third-order valence-corrected chi connectivity index (χ3v) is 4.93. The molecule has 28 heavy (non-hydrogen) atoms. The number of carbonyl (C=O) groups excluding carboxylic acids is 1. The summed E-state index contributed by atoms with van der Waals surface area (Å²) in [5, 5.41) is 3.52. The van der Waals surface area contributed by atoms with Crippen LogP contribution in [0.3, 0.4) is 0 Å². The SMILES string of the molecule is COCCCN1C(=O)c2ccccc2NC1c1ccc(OCCC(C)C)cc1. The van der Waals surface area contributed by atoms with Gasteiger partial charge in [-0.05, 0) is 48.6 Å². The van der Waals surface area contributed by atoms with Crippen molar-refractivity contribution in [2.24, 2.45) is 5.92 Å². The first kappa shape index (κ1) is 20.2. The standard InChI is InChI=1S/C23H30N2O3/c1-17(2)13-16-28-19-11-9-18(10-12-19)22-24-21-8-5-4-7-20(21)23(26)25(22)14-6-15-27-3/h4-5,7-12,17,22,24H,6,13-16H2,1-3H3.